The summed E-state index contributed by atoms with van der Waals surface area (Å²) >= 11 is 0. The van der Waals surface area contributed by atoms with Crippen LogP contribution in [0.4, 0.5) is 0 Å². The van der Waals surface area contributed by atoms with Gasteiger partial charge in [-0.25, -0.2) is 4.98 Å². The number of rotatable bonds is 6. The third kappa shape index (κ3) is 5.05. The van der Waals surface area contributed by atoms with Crippen molar-refractivity contribution in [3.8, 4) is 0 Å². The van der Waals surface area contributed by atoms with Gasteiger partial charge in [-0.1, -0.05) is 13.3 Å². The molecule has 5 nitrogen and oxygen atoms in total. The molecule has 1 aromatic rings. The van der Waals surface area contributed by atoms with Crippen molar-refractivity contribution in [2.45, 2.75) is 26.3 Å². The highest BCUT2D eigenvalue weighted by atomic mass is 15.1. The van der Waals surface area contributed by atoms with E-state index in [2.05, 4.69) is 22.2 Å². The Morgan fingerprint density at radius 3 is 3.13 bits per heavy atom. The van der Waals surface area contributed by atoms with Gasteiger partial charge in [0.05, 0.1) is 6.33 Å². The lowest BCUT2D eigenvalue weighted by molar-refractivity contribution is 0.669. The minimum absolute atomic E-state index is 0.531. The van der Waals surface area contributed by atoms with E-state index in [0.717, 1.165) is 32.5 Å². The Bertz CT molecular complexity index is 278. The van der Waals surface area contributed by atoms with Crippen LogP contribution in [0.3, 0.4) is 0 Å². The summed E-state index contributed by atoms with van der Waals surface area (Å²) in [7, 11) is 0. The lowest BCUT2D eigenvalue weighted by Crippen LogP contribution is -2.34. The van der Waals surface area contributed by atoms with Gasteiger partial charge >= 0.3 is 0 Å². The number of aromatic nitrogens is 2. The molecule has 1 rings (SSSR count). The van der Waals surface area contributed by atoms with Gasteiger partial charge in [0.25, 0.3) is 0 Å². The summed E-state index contributed by atoms with van der Waals surface area (Å²) in [6, 6.07) is 0. The van der Waals surface area contributed by atoms with Crippen molar-refractivity contribution in [2.24, 2.45) is 10.7 Å². The number of imidazole rings is 1. The van der Waals surface area contributed by atoms with Crippen molar-refractivity contribution in [2.75, 3.05) is 13.1 Å². The van der Waals surface area contributed by atoms with Crippen LogP contribution in [-0.2, 0) is 6.54 Å². The number of unbranched alkanes of at least 4 members (excludes halogenated alkanes) is 1. The zero-order valence-electron chi connectivity index (χ0n) is 9.19. The maximum absolute atomic E-state index is 5.67. The van der Waals surface area contributed by atoms with Crippen LogP contribution in [0.5, 0.6) is 0 Å². The zero-order valence-corrected chi connectivity index (χ0v) is 9.19. The smallest absolute Gasteiger partial charge is 0.188 e. The van der Waals surface area contributed by atoms with Crippen molar-refractivity contribution in [3.63, 3.8) is 0 Å². The van der Waals surface area contributed by atoms with E-state index >= 15 is 0 Å². The quantitative estimate of drug-likeness (QED) is 0.409. The Morgan fingerprint density at radius 1 is 1.60 bits per heavy atom. The number of aliphatic imine (C=N–C) groups is 1. The van der Waals surface area contributed by atoms with Crippen molar-refractivity contribution < 1.29 is 0 Å². The summed E-state index contributed by atoms with van der Waals surface area (Å²) in [4.78, 5) is 8.15. The highest BCUT2D eigenvalue weighted by Crippen LogP contribution is 1.86. The third-order valence-corrected chi connectivity index (χ3v) is 2.03. The normalized spacial score (nSPS) is 11.7. The summed E-state index contributed by atoms with van der Waals surface area (Å²) in [5.41, 5.74) is 5.67. The van der Waals surface area contributed by atoms with Crippen LogP contribution in [0.15, 0.2) is 23.7 Å². The summed E-state index contributed by atoms with van der Waals surface area (Å²) in [6.45, 7) is 4.57. The predicted molar refractivity (Wildman–Crippen MR) is 61.6 cm³/mol. The van der Waals surface area contributed by atoms with Crippen molar-refractivity contribution >= 4 is 5.96 Å². The monoisotopic (exact) mass is 209 g/mol. The number of hydrogen-bond donors (Lipinski definition) is 2. The highest BCUT2D eigenvalue weighted by Gasteiger charge is 1.92. The summed E-state index contributed by atoms with van der Waals surface area (Å²) < 4.78 is 1.99. The molecule has 0 atom stereocenters. The molecule has 1 aromatic heterocycles. The van der Waals surface area contributed by atoms with Gasteiger partial charge in [-0.05, 0) is 6.42 Å². The van der Waals surface area contributed by atoms with E-state index in [9.17, 15) is 0 Å². The van der Waals surface area contributed by atoms with Crippen LogP contribution >= 0.6 is 0 Å². The standard InChI is InChI=1S/C10H19N5/c1-2-3-4-13-10(11)14-6-8-15-7-5-12-9-15/h5,7,9H,2-4,6,8H2,1H3,(H3,11,13,14). The average Bonchev–Trinajstić information content (AvgIpc) is 2.71. The Labute approximate surface area is 90.4 Å². The molecule has 84 valence electrons. The molecular formula is C10H19N5. The number of guanidine groups is 1. The van der Waals surface area contributed by atoms with Crippen molar-refractivity contribution in [1.82, 2.24) is 14.9 Å². The molecule has 0 aliphatic rings. The Morgan fingerprint density at radius 2 is 2.47 bits per heavy atom. The van der Waals surface area contributed by atoms with Gasteiger partial charge in [0, 0.05) is 32.0 Å². The first-order chi connectivity index (χ1) is 7.33. The molecule has 15 heavy (non-hydrogen) atoms. The summed E-state index contributed by atoms with van der Waals surface area (Å²) in [6.07, 6.45) is 7.70. The van der Waals surface area contributed by atoms with Crippen molar-refractivity contribution in [1.29, 1.82) is 0 Å². The second kappa shape index (κ2) is 6.86. The first-order valence-electron chi connectivity index (χ1n) is 5.32. The first kappa shape index (κ1) is 11.6. The van der Waals surface area contributed by atoms with Gasteiger partial charge in [0.1, 0.15) is 0 Å². The maximum atomic E-state index is 5.67. The van der Waals surface area contributed by atoms with Gasteiger partial charge in [0.15, 0.2) is 5.96 Å². The zero-order chi connectivity index (χ0) is 10.9. The van der Waals surface area contributed by atoms with E-state index in [4.69, 9.17) is 5.73 Å². The van der Waals surface area contributed by atoms with Crippen LogP contribution in [0.25, 0.3) is 0 Å². The lowest BCUT2D eigenvalue weighted by atomic mass is 10.3. The topological polar surface area (TPSA) is 68.2 Å². The molecule has 0 radical (unpaired) electrons. The van der Waals surface area contributed by atoms with Crippen LogP contribution < -0.4 is 11.1 Å². The summed E-state index contributed by atoms with van der Waals surface area (Å²) in [5, 5.41) is 3.06. The van der Waals surface area contributed by atoms with E-state index in [1.165, 1.54) is 0 Å². The average molecular weight is 209 g/mol. The molecule has 5 heteroatoms. The van der Waals surface area contributed by atoms with E-state index in [1.54, 1.807) is 12.5 Å². The highest BCUT2D eigenvalue weighted by molar-refractivity contribution is 5.77. The Kier molecular flexibility index (Phi) is 5.29. The van der Waals surface area contributed by atoms with Crippen molar-refractivity contribution in [3.05, 3.63) is 18.7 Å². The van der Waals surface area contributed by atoms with Gasteiger partial charge in [-0.2, -0.15) is 0 Å². The third-order valence-electron chi connectivity index (χ3n) is 2.03. The summed E-state index contributed by atoms with van der Waals surface area (Å²) in [5.74, 6) is 0.531. The van der Waals surface area contributed by atoms with E-state index in [0.29, 0.717) is 5.96 Å². The van der Waals surface area contributed by atoms with Gasteiger partial charge in [-0.15, -0.1) is 0 Å². The Balaban J connectivity index is 2.11. The van der Waals surface area contributed by atoms with Gasteiger partial charge < -0.3 is 15.6 Å². The number of hydrogen-bond acceptors (Lipinski definition) is 2. The SMILES string of the molecule is CCCCN=C(N)NCCn1ccnc1. The molecule has 0 spiro atoms. The minimum Gasteiger partial charge on any atom is -0.370 e. The lowest BCUT2D eigenvalue weighted by Gasteiger charge is -2.05. The second-order valence-corrected chi connectivity index (χ2v) is 3.35. The van der Waals surface area contributed by atoms with Crippen LogP contribution in [-0.4, -0.2) is 28.6 Å². The fourth-order valence-corrected chi connectivity index (χ4v) is 1.15. The molecule has 3 N–H and O–H groups in total. The molecule has 0 bridgehead atoms. The largest absolute Gasteiger partial charge is 0.370 e. The van der Waals surface area contributed by atoms with E-state index in [1.807, 2.05) is 10.8 Å². The predicted octanol–water partition coefficient (Wildman–Crippen LogP) is 0.588. The number of nitrogens with zero attached hydrogens (tertiary/aromatic N) is 3. The molecule has 0 aliphatic carbocycles. The molecular weight excluding hydrogens is 190 g/mol. The van der Waals surface area contributed by atoms with Crippen LogP contribution in [0.1, 0.15) is 19.8 Å². The molecule has 0 amide bonds. The van der Waals surface area contributed by atoms with Crippen LogP contribution in [0.2, 0.25) is 0 Å². The van der Waals surface area contributed by atoms with Gasteiger partial charge in [-0.3, -0.25) is 4.99 Å². The fraction of sp³-hybridized carbons (Fsp3) is 0.600. The molecule has 0 saturated carbocycles. The van der Waals surface area contributed by atoms with Gasteiger partial charge in [0.2, 0.25) is 0 Å². The number of nitrogens with one attached hydrogen (secondary N) is 1. The van der Waals surface area contributed by atoms with E-state index in [-0.39, 0.29) is 0 Å². The molecule has 0 aromatic carbocycles. The fourth-order valence-electron chi connectivity index (χ4n) is 1.15. The molecule has 0 unspecified atom stereocenters. The molecule has 0 saturated heterocycles. The second-order valence-electron chi connectivity index (χ2n) is 3.35. The van der Waals surface area contributed by atoms with E-state index < -0.39 is 0 Å². The molecule has 1 heterocycles. The molecule has 0 aliphatic heterocycles. The maximum Gasteiger partial charge on any atom is 0.188 e. The minimum atomic E-state index is 0.531. The first-order valence-corrected chi connectivity index (χ1v) is 5.32. The number of nitrogens with two attached hydrogens (primary N) is 1. The Hall–Kier alpha value is -1.52. The van der Waals surface area contributed by atoms with Crippen LogP contribution in [0, 0.1) is 0 Å². The molecule has 0 fully saturated rings.